The predicted octanol–water partition coefficient (Wildman–Crippen LogP) is 2.47. The average molecular weight is 189 g/mol. The van der Waals surface area contributed by atoms with E-state index in [9.17, 15) is 4.21 Å². The third-order valence-corrected chi connectivity index (χ3v) is 2.86. The number of rotatable bonds is 2. The van der Waals surface area contributed by atoms with Crippen molar-refractivity contribution in [3.05, 3.63) is 29.3 Å². The van der Waals surface area contributed by atoms with Crippen LogP contribution in [0.4, 0.5) is 0 Å². The molecule has 1 aromatic rings. The Bertz CT molecular complexity index is 273. The number of hydrogen-bond donors (Lipinski definition) is 0. The Morgan fingerprint density at radius 2 is 2.27 bits per heavy atom. The summed E-state index contributed by atoms with van der Waals surface area (Å²) in [4.78, 5) is 0.806. The Morgan fingerprint density at radius 1 is 1.55 bits per heavy atom. The molecule has 1 atom stereocenters. The van der Waals surface area contributed by atoms with E-state index < -0.39 is 10.8 Å². The van der Waals surface area contributed by atoms with E-state index >= 15 is 0 Å². The predicted molar refractivity (Wildman–Crippen MR) is 48.4 cm³/mol. The van der Waals surface area contributed by atoms with Crippen molar-refractivity contribution < 1.29 is 4.21 Å². The highest BCUT2D eigenvalue weighted by molar-refractivity contribution is 7.85. The van der Waals surface area contributed by atoms with Crippen LogP contribution < -0.4 is 0 Å². The molecule has 0 heterocycles. The van der Waals surface area contributed by atoms with Crippen LogP contribution in [0, 0.1) is 0 Å². The lowest BCUT2D eigenvalue weighted by Gasteiger charge is -1.97. The van der Waals surface area contributed by atoms with Gasteiger partial charge >= 0.3 is 0 Å². The summed E-state index contributed by atoms with van der Waals surface area (Å²) >= 11 is 5.71. The first-order chi connectivity index (χ1) is 5.24. The fourth-order valence-electron chi connectivity index (χ4n) is 0.775. The molecule has 0 aromatic heterocycles. The first kappa shape index (κ1) is 8.75. The maximum absolute atomic E-state index is 11.2. The SMILES string of the molecule is CCS(=O)c1cccc(Cl)c1. The molecule has 0 saturated heterocycles. The van der Waals surface area contributed by atoms with Crippen molar-refractivity contribution in [2.24, 2.45) is 0 Å². The molecule has 1 unspecified atom stereocenters. The smallest absolute Gasteiger partial charge is 0.0527 e. The lowest BCUT2D eigenvalue weighted by molar-refractivity contribution is 0.684. The molecule has 0 N–H and O–H groups in total. The number of hydrogen-bond acceptors (Lipinski definition) is 1. The van der Waals surface area contributed by atoms with Crippen LogP contribution in [0.1, 0.15) is 6.92 Å². The molecular weight excluding hydrogens is 180 g/mol. The van der Waals surface area contributed by atoms with E-state index in [0.717, 1.165) is 4.90 Å². The zero-order valence-corrected chi connectivity index (χ0v) is 7.78. The van der Waals surface area contributed by atoms with Crippen LogP contribution in [0.2, 0.25) is 5.02 Å². The standard InChI is InChI=1S/C8H9ClOS/c1-2-11(10)8-5-3-4-7(9)6-8/h3-6H,2H2,1H3. The van der Waals surface area contributed by atoms with Crippen molar-refractivity contribution >= 4 is 22.4 Å². The van der Waals surface area contributed by atoms with Gasteiger partial charge < -0.3 is 0 Å². The van der Waals surface area contributed by atoms with E-state index in [0.29, 0.717) is 10.8 Å². The van der Waals surface area contributed by atoms with Crippen LogP contribution in [0.5, 0.6) is 0 Å². The molecule has 0 aliphatic rings. The topological polar surface area (TPSA) is 17.1 Å². The van der Waals surface area contributed by atoms with E-state index in [1.807, 2.05) is 19.1 Å². The van der Waals surface area contributed by atoms with Gasteiger partial charge in [0.2, 0.25) is 0 Å². The second kappa shape index (κ2) is 3.88. The van der Waals surface area contributed by atoms with Crippen LogP contribution in [0.25, 0.3) is 0 Å². The third kappa shape index (κ3) is 2.31. The summed E-state index contributed by atoms with van der Waals surface area (Å²) in [6, 6.07) is 7.15. The van der Waals surface area contributed by atoms with Gasteiger partial charge in [0.1, 0.15) is 0 Å². The Balaban J connectivity index is 2.96. The molecule has 1 nitrogen and oxygen atoms in total. The summed E-state index contributed by atoms with van der Waals surface area (Å²) in [5, 5.41) is 0.643. The van der Waals surface area contributed by atoms with Gasteiger partial charge in [0.05, 0.1) is 10.8 Å². The third-order valence-electron chi connectivity index (χ3n) is 1.32. The molecule has 0 saturated carbocycles. The minimum Gasteiger partial charge on any atom is -0.254 e. The highest BCUT2D eigenvalue weighted by atomic mass is 35.5. The molecule has 0 fully saturated rings. The molecule has 0 amide bonds. The van der Waals surface area contributed by atoms with Gasteiger partial charge in [-0.25, -0.2) is 0 Å². The fraction of sp³-hybridized carbons (Fsp3) is 0.250. The fourth-order valence-corrected chi connectivity index (χ4v) is 1.85. The summed E-state index contributed by atoms with van der Waals surface area (Å²) < 4.78 is 11.2. The zero-order chi connectivity index (χ0) is 8.27. The van der Waals surface area contributed by atoms with Gasteiger partial charge in [-0.05, 0) is 18.2 Å². The maximum Gasteiger partial charge on any atom is 0.0527 e. The van der Waals surface area contributed by atoms with Gasteiger partial charge in [0.15, 0.2) is 0 Å². The zero-order valence-electron chi connectivity index (χ0n) is 6.21. The first-order valence-electron chi connectivity index (χ1n) is 3.38. The monoisotopic (exact) mass is 188 g/mol. The van der Waals surface area contributed by atoms with Crippen LogP contribution in [-0.4, -0.2) is 9.96 Å². The molecule has 0 radical (unpaired) electrons. The highest BCUT2D eigenvalue weighted by Crippen LogP contribution is 2.13. The van der Waals surface area contributed by atoms with Crippen molar-refractivity contribution in [2.75, 3.05) is 5.75 Å². The molecular formula is C8H9ClOS. The van der Waals surface area contributed by atoms with E-state index in [2.05, 4.69) is 0 Å². The Morgan fingerprint density at radius 3 is 2.82 bits per heavy atom. The van der Waals surface area contributed by atoms with Gasteiger partial charge in [-0.2, -0.15) is 0 Å². The minimum absolute atomic E-state index is 0.639. The van der Waals surface area contributed by atoms with Gasteiger partial charge in [-0.1, -0.05) is 24.6 Å². The molecule has 0 aliphatic heterocycles. The van der Waals surface area contributed by atoms with Crippen LogP contribution in [0.3, 0.4) is 0 Å². The van der Waals surface area contributed by atoms with Crippen molar-refractivity contribution in [3.63, 3.8) is 0 Å². The Hall–Kier alpha value is -0.340. The molecule has 1 rings (SSSR count). The molecule has 3 heteroatoms. The molecule has 60 valence electrons. The second-order valence-electron chi connectivity index (χ2n) is 2.09. The normalized spacial score (nSPS) is 12.9. The summed E-state index contributed by atoms with van der Waals surface area (Å²) in [5.41, 5.74) is 0. The number of benzene rings is 1. The molecule has 0 spiro atoms. The molecule has 0 aliphatic carbocycles. The quantitative estimate of drug-likeness (QED) is 0.697. The van der Waals surface area contributed by atoms with E-state index in [1.54, 1.807) is 12.1 Å². The van der Waals surface area contributed by atoms with Gasteiger partial charge in [0.25, 0.3) is 0 Å². The first-order valence-corrected chi connectivity index (χ1v) is 5.07. The van der Waals surface area contributed by atoms with Crippen molar-refractivity contribution in [3.8, 4) is 0 Å². The summed E-state index contributed by atoms with van der Waals surface area (Å²) in [6.07, 6.45) is 0. The lowest BCUT2D eigenvalue weighted by atomic mass is 10.4. The largest absolute Gasteiger partial charge is 0.254 e. The molecule has 11 heavy (non-hydrogen) atoms. The summed E-state index contributed by atoms with van der Waals surface area (Å²) in [6.45, 7) is 1.89. The second-order valence-corrected chi connectivity index (χ2v) is 4.27. The lowest BCUT2D eigenvalue weighted by Crippen LogP contribution is -1.92. The van der Waals surface area contributed by atoms with Gasteiger partial charge in [0, 0.05) is 15.7 Å². The van der Waals surface area contributed by atoms with Crippen molar-refractivity contribution in [1.29, 1.82) is 0 Å². The van der Waals surface area contributed by atoms with Crippen molar-refractivity contribution in [2.45, 2.75) is 11.8 Å². The Labute approximate surface area is 73.8 Å². The average Bonchev–Trinajstić information content (AvgIpc) is 2.03. The molecule has 0 bridgehead atoms. The van der Waals surface area contributed by atoms with Crippen molar-refractivity contribution in [1.82, 2.24) is 0 Å². The van der Waals surface area contributed by atoms with Crippen LogP contribution >= 0.6 is 11.6 Å². The molecule has 1 aromatic carbocycles. The van der Waals surface area contributed by atoms with Crippen LogP contribution in [0.15, 0.2) is 29.2 Å². The number of halogens is 1. The van der Waals surface area contributed by atoms with E-state index in [4.69, 9.17) is 11.6 Å². The van der Waals surface area contributed by atoms with Gasteiger partial charge in [-0.15, -0.1) is 0 Å². The van der Waals surface area contributed by atoms with Gasteiger partial charge in [-0.3, -0.25) is 4.21 Å². The highest BCUT2D eigenvalue weighted by Gasteiger charge is 1.99. The summed E-state index contributed by atoms with van der Waals surface area (Å²) in [5.74, 6) is 0.639. The van der Waals surface area contributed by atoms with E-state index in [-0.39, 0.29) is 0 Å². The minimum atomic E-state index is -0.885. The van der Waals surface area contributed by atoms with E-state index in [1.165, 1.54) is 0 Å². The van der Waals surface area contributed by atoms with Crippen LogP contribution in [-0.2, 0) is 10.8 Å². The Kier molecular flexibility index (Phi) is 3.09. The maximum atomic E-state index is 11.2. The summed E-state index contributed by atoms with van der Waals surface area (Å²) in [7, 11) is -0.885.